The largest absolute Gasteiger partial charge is 0.244 e. The monoisotopic (exact) mass is 319 g/mol. The molecule has 1 aromatic heterocycles. The zero-order valence-corrected chi connectivity index (χ0v) is 14.0. The molecule has 0 spiro atoms. The van der Waals surface area contributed by atoms with Crippen LogP contribution in [0.3, 0.4) is 0 Å². The third-order valence-electron chi connectivity index (χ3n) is 3.85. The predicted octanol–water partition coefficient (Wildman–Crippen LogP) is 5.04. The third-order valence-corrected chi connectivity index (χ3v) is 3.85. The van der Waals surface area contributed by atoms with Crippen LogP contribution in [0.4, 0.5) is 11.4 Å². The quantitative estimate of drug-likeness (QED) is 0.432. The van der Waals surface area contributed by atoms with E-state index >= 15 is 0 Å². The Morgan fingerprint density at radius 1 is 0.917 bits per heavy atom. The lowest BCUT2D eigenvalue weighted by Crippen LogP contribution is -2.31. The van der Waals surface area contributed by atoms with Gasteiger partial charge in [-0.3, -0.25) is 0 Å². The van der Waals surface area contributed by atoms with Crippen LogP contribution in [0.15, 0.2) is 83.5 Å². The molecule has 0 bridgehead atoms. The average Bonchev–Trinajstić information content (AvgIpc) is 3.07. The zero-order chi connectivity index (χ0) is 16.6. The number of aryl methyl sites for hydroxylation is 1. The van der Waals surface area contributed by atoms with Gasteiger partial charge in [0.15, 0.2) is 0 Å². The van der Waals surface area contributed by atoms with Crippen molar-refractivity contribution in [2.45, 2.75) is 32.9 Å². The molecule has 122 valence electrons. The Labute approximate surface area is 143 Å². The van der Waals surface area contributed by atoms with Crippen LogP contribution >= 0.6 is 0 Å². The number of imidazole rings is 1. The van der Waals surface area contributed by atoms with Gasteiger partial charge in [0, 0.05) is 0 Å². The van der Waals surface area contributed by atoms with Crippen molar-refractivity contribution in [1.82, 2.24) is 4.57 Å². The van der Waals surface area contributed by atoms with Gasteiger partial charge in [0.1, 0.15) is 18.9 Å². The van der Waals surface area contributed by atoms with E-state index in [4.69, 9.17) is 0 Å². The summed E-state index contributed by atoms with van der Waals surface area (Å²) >= 11 is 0. The van der Waals surface area contributed by atoms with Crippen molar-refractivity contribution in [3.8, 4) is 0 Å². The molecule has 3 rings (SSSR count). The van der Waals surface area contributed by atoms with Crippen molar-refractivity contribution in [3.63, 3.8) is 0 Å². The van der Waals surface area contributed by atoms with Gasteiger partial charge in [-0.25, -0.2) is 9.13 Å². The van der Waals surface area contributed by atoms with Gasteiger partial charge in [-0.05, 0) is 36.2 Å². The van der Waals surface area contributed by atoms with E-state index in [1.807, 2.05) is 42.5 Å². The molecular weight excluding hydrogens is 296 g/mol. The summed E-state index contributed by atoms with van der Waals surface area (Å²) in [6.07, 6.45) is 8.86. The Hall–Kier alpha value is -2.75. The zero-order valence-electron chi connectivity index (χ0n) is 14.0. The van der Waals surface area contributed by atoms with E-state index < -0.39 is 0 Å². The van der Waals surface area contributed by atoms with Crippen LogP contribution in [-0.2, 0) is 13.1 Å². The predicted molar refractivity (Wildman–Crippen MR) is 95.7 cm³/mol. The lowest BCUT2D eigenvalue weighted by molar-refractivity contribution is -0.687. The molecule has 0 aliphatic carbocycles. The maximum absolute atomic E-state index is 4.28. The molecule has 0 saturated carbocycles. The van der Waals surface area contributed by atoms with Crippen molar-refractivity contribution in [1.29, 1.82) is 0 Å². The molecule has 2 aromatic carbocycles. The molecule has 0 N–H and O–H groups in total. The lowest BCUT2D eigenvalue weighted by Gasteiger charge is -1.99. The second-order valence-electron chi connectivity index (χ2n) is 5.88. The number of azo groups is 1. The van der Waals surface area contributed by atoms with Gasteiger partial charge >= 0.3 is 0 Å². The summed E-state index contributed by atoms with van der Waals surface area (Å²) in [6.45, 7) is 4.17. The molecule has 0 atom stereocenters. The highest BCUT2D eigenvalue weighted by molar-refractivity contribution is 5.40. The number of hydrogen-bond donors (Lipinski definition) is 0. The van der Waals surface area contributed by atoms with Crippen LogP contribution in [0.5, 0.6) is 0 Å². The van der Waals surface area contributed by atoms with E-state index in [0.717, 1.165) is 24.5 Å². The Morgan fingerprint density at radius 2 is 1.62 bits per heavy atom. The molecule has 0 unspecified atom stereocenters. The van der Waals surface area contributed by atoms with Gasteiger partial charge in [-0.1, -0.05) is 43.7 Å². The molecule has 4 heteroatoms. The summed E-state index contributed by atoms with van der Waals surface area (Å²) in [5.74, 6) is 0. The molecule has 1 heterocycles. The lowest BCUT2D eigenvalue weighted by atomic mass is 10.2. The average molecular weight is 319 g/mol. The number of rotatable bonds is 7. The molecule has 24 heavy (non-hydrogen) atoms. The van der Waals surface area contributed by atoms with Gasteiger partial charge in [0.2, 0.25) is 6.33 Å². The van der Waals surface area contributed by atoms with Crippen molar-refractivity contribution >= 4 is 11.4 Å². The van der Waals surface area contributed by atoms with Gasteiger partial charge in [0.25, 0.3) is 0 Å². The highest BCUT2D eigenvalue weighted by atomic mass is 15.1. The molecule has 0 aliphatic rings. The normalized spacial score (nSPS) is 11.2. The van der Waals surface area contributed by atoms with E-state index in [1.165, 1.54) is 18.4 Å². The fourth-order valence-electron chi connectivity index (χ4n) is 2.49. The summed E-state index contributed by atoms with van der Waals surface area (Å²) in [4.78, 5) is 0. The fraction of sp³-hybridized carbons (Fsp3) is 0.250. The van der Waals surface area contributed by atoms with E-state index in [1.54, 1.807) is 0 Å². The number of hydrogen-bond acceptors (Lipinski definition) is 2. The Bertz CT molecular complexity index is 773. The minimum absolute atomic E-state index is 0.866. The first kappa shape index (κ1) is 16.1. The molecule has 3 aromatic rings. The Kier molecular flexibility index (Phi) is 5.51. The van der Waals surface area contributed by atoms with Gasteiger partial charge in [-0.15, -0.1) is 0 Å². The first-order chi connectivity index (χ1) is 11.8. The van der Waals surface area contributed by atoms with E-state index in [9.17, 15) is 0 Å². The third kappa shape index (κ3) is 4.62. The number of benzene rings is 2. The Morgan fingerprint density at radius 3 is 2.33 bits per heavy atom. The van der Waals surface area contributed by atoms with Crippen LogP contribution < -0.4 is 4.57 Å². The minimum Gasteiger partial charge on any atom is -0.237 e. The van der Waals surface area contributed by atoms with Crippen LogP contribution in [-0.4, -0.2) is 4.57 Å². The molecule has 0 aliphatic heterocycles. The van der Waals surface area contributed by atoms with Gasteiger partial charge < -0.3 is 0 Å². The van der Waals surface area contributed by atoms with Crippen LogP contribution in [0.25, 0.3) is 0 Å². The molecule has 0 amide bonds. The van der Waals surface area contributed by atoms with Crippen molar-refractivity contribution in [2.75, 3.05) is 0 Å². The summed E-state index contributed by atoms with van der Waals surface area (Å²) in [5.41, 5.74) is 2.99. The van der Waals surface area contributed by atoms with Gasteiger partial charge in [0.05, 0.1) is 17.9 Å². The van der Waals surface area contributed by atoms with E-state index in [-0.39, 0.29) is 0 Å². The highest BCUT2D eigenvalue weighted by Crippen LogP contribution is 2.18. The topological polar surface area (TPSA) is 33.5 Å². The first-order valence-corrected chi connectivity index (χ1v) is 8.44. The number of unbranched alkanes of at least 4 members (excludes halogenated alkanes) is 1. The fourth-order valence-corrected chi connectivity index (χ4v) is 2.49. The molecule has 4 nitrogen and oxygen atoms in total. The van der Waals surface area contributed by atoms with E-state index in [2.05, 4.69) is 57.1 Å². The molecular formula is C20H23N4+. The smallest absolute Gasteiger partial charge is 0.237 e. The standard InChI is InChI=1S/C20H23N4/c1-2-3-13-23-14-15-24(17-23)16-18-9-11-20(12-10-18)22-21-19-7-5-4-6-8-19/h4-12,14-15,17H,2-3,13,16H2,1H3/q+1. The summed E-state index contributed by atoms with van der Waals surface area (Å²) in [7, 11) is 0. The van der Waals surface area contributed by atoms with Gasteiger partial charge in [-0.2, -0.15) is 10.2 Å². The van der Waals surface area contributed by atoms with E-state index in [0.29, 0.717) is 0 Å². The number of nitrogens with zero attached hydrogens (tertiary/aromatic N) is 4. The maximum Gasteiger partial charge on any atom is 0.244 e. The second kappa shape index (κ2) is 8.20. The van der Waals surface area contributed by atoms with Crippen molar-refractivity contribution in [2.24, 2.45) is 10.2 Å². The minimum atomic E-state index is 0.866. The SMILES string of the molecule is CCCCn1cc[n+](Cc2ccc(N=Nc3ccccc3)cc2)c1. The van der Waals surface area contributed by atoms with Crippen molar-refractivity contribution in [3.05, 3.63) is 78.9 Å². The molecule has 0 radical (unpaired) electrons. The number of aromatic nitrogens is 2. The first-order valence-electron chi connectivity index (χ1n) is 8.44. The summed E-state index contributed by atoms with van der Waals surface area (Å²) < 4.78 is 4.45. The molecule has 0 saturated heterocycles. The Balaban J connectivity index is 1.60. The molecule has 0 fully saturated rings. The summed E-state index contributed by atoms with van der Waals surface area (Å²) in [6, 6.07) is 18.0. The highest BCUT2D eigenvalue weighted by Gasteiger charge is 2.04. The maximum atomic E-state index is 4.28. The second-order valence-corrected chi connectivity index (χ2v) is 5.88. The summed E-state index contributed by atoms with van der Waals surface area (Å²) in [5, 5.41) is 8.52. The van der Waals surface area contributed by atoms with Crippen LogP contribution in [0.1, 0.15) is 25.3 Å². The van der Waals surface area contributed by atoms with Crippen LogP contribution in [0, 0.1) is 0 Å². The van der Waals surface area contributed by atoms with Crippen LogP contribution in [0.2, 0.25) is 0 Å². The van der Waals surface area contributed by atoms with Crippen molar-refractivity contribution < 1.29 is 4.57 Å².